The maximum Gasteiger partial charge on any atom is 0.340 e. The zero-order valence-corrected chi connectivity index (χ0v) is 11.6. The van der Waals surface area contributed by atoms with Gasteiger partial charge in [0.2, 0.25) is 0 Å². The Morgan fingerprint density at radius 2 is 2.11 bits per heavy atom. The van der Waals surface area contributed by atoms with Gasteiger partial charge in [-0.05, 0) is 12.1 Å². The highest BCUT2D eigenvalue weighted by atomic mass is 32.2. The van der Waals surface area contributed by atoms with Gasteiger partial charge in [-0.15, -0.1) is 0 Å². The first-order valence-electron chi connectivity index (χ1n) is 5.44. The number of esters is 1. The molecule has 106 valence electrons. The van der Waals surface area contributed by atoms with Crippen molar-refractivity contribution in [3.63, 3.8) is 0 Å². The average Bonchev–Trinajstić information content (AvgIpc) is 2.39. The largest absolute Gasteiger partial charge is 0.465 e. The lowest BCUT2D eigenvalue weighted by Gasteiger charge is -2.17. The van der Waals surface area contributed by atoms with E-state index in [1.807, 2.05) is 0 Å². The number of carbonyl (C=O) groups is 1. The molecule has 0 saturated heterocycles. The molecular formula is C11H15FN2O4S. The molecule has 0 unspecified atom stereocenters. The fourth-order valence-electron chi connectivity index (χ4n) is 1.27. The minimum Gasteiger partial charge on any atom is -0.465 e. The third-order valence-electron chi connectivity index (χ3n) is 2.50. The van der Waals surface area contributed by atoms with Crippen molar-refractivity contribution in [2.45, 2.75) is 6.92 Å². The van der Waals surface area contributed by atoms with Gasteiger partial charge in [0, 0.05) is 13.6 Å². The van der Waals surface area contributed by atoms with Crippen LogP contribution < -0.4 is 4.72 Å². The highest BCUT2D eigenvalue weighted by Crippen LogP contribution is 2.20. The van der Waals surface area contributed by atoms with Gasteiger partial charge in [0.15, 0.2) is 5.82 Å². The van der Waals surface area contributed by atoms with E-state index in [1.54, 1.807) is 6.92 Å². The Labute approximate surface area is 111 Å². The lowest BCUT2D eigenvalue weighted by Crippen LogP contribution is -2.32. The summed E-state index contributed by atoms with van der Waals surface area (Å²) in [6.45, 7) is 1.87. The first-order chi connectivity index (χ1) is 8.83. The number of nitrogens with one attached hydrogen (secondary N) is 1. The molecule has 0 aliphatic carbocycles. The summed E-state index contributed by atoms with van der Waals surface area (Å²) in [7, 11) is -1.38. The summed E-state index contributed by atoms with van der Waals surface area (Å²) in [5, 5.41) is 0. The summed E-state index contributed by atoms with van der Waals surface area (Å²) < 4.78 is 45.0. The molecule has 0 aromatic heterocycles. The van der Waals surface area contributed by atoms with Crippen molar-refractivity contribution in [2.75, 3.05) is 25.4 Å². The van der Waals surface area contributed by atoms with Crippen molar-refractivity contribution in [1.82, 2.24) is 4.31 Å². The predicted molar refractivity (Wildman–Crippen MR) is 68.6 cm³/mol. The molecular weight excluding hydrogens is 275 g/mol. The highest BCUT2D eigenvalue weighted by molar-refractivity contribution is 7.90. The smallest absolute Gasteiger partial charge is 0.340 e. The molecule has 0 saturated carbocycles. The van der Waals surface area contributed by atoms with E-state index >= 15 is 0 Å². The van der Waals surface area contributed by atoms with E-state index in [1.165, 1.54) is 25.2 Å². The number of hydrogen-bond acceptors (Lipinski definition) is 4. The second-order valence-corrected chi connectivity index (χ2v) is 5.46. The highest BCUT2D eigenvalue weighted by Gasteiger charge is 2.21. The number of carbonyl (C=O) groups excluding carboxylic acids is 1. The summed E-state index contributed by atoms with van der Waals surface area (Å²) in [6.07, 6.45) is 0. The van der Waals surface area contributed by atoms with Crippen LogP contribution in [0.2, 0.25) is 0 Å². The molecule has 0 atom stereocenters. The summed E-state index contributed by atoms with van der Waals surface area (Å²) in [4.78, 5) is 11.3. The Balaban J connectivity index is 3.14. The molecule has 0 heterocycles. The number of benzene rings is 1. The van der Waals surface area contributed by atoms with Crippen molar-refractivity contribution >= 4 is 21.9 Å². The van der Waals surface area contributed by atoms with E-state index in [2.05, 4.69) is 9.46 Å². The molecule has 19 heavy (non-hydrogen) atoms. The minimum atomic E-state index is -3.84. The van der Waals surface area contributed by atoms with E-state index in [0.717, 1.165) is 11.4 Å². The van der Waals surface area contributed by atoms with Crippen LogP contribution >= 0.6 is 0 Å². The SMILES string of the molecule is CCN(C)S(=O)(=O)Nc1cccc(C(=O)OC)c1F. The van der Waals surface area contributed by atoms with Gasteiger partial charge in [0.1, 0.15) is 0 Å². The van der Waals surface area contributed by atoms with E-state index in [4.69, 9.17) is 0 Å². The van der Waals surface area contributed by atoms with E-state index in [9.17, 15) is 17.6 Å². The van der Waals surface area contributed by atoms with Crippen molar-refractivity contribution in [2.24, 2.45) is 0 Å². The van der Waals surface area contributed by atoms with Gasteiger partial charge in [-0.25, -0.2) is 9.18 Å². The first-order valence-corrected chi connectivity index (χ1v) is 6.88. The Bertz CT molecular complexity index is 574. The van der Waals surface area contributed by atoms with Crippen molar-refractivity contribution in [3.05, 3.63) is 29.6 Å². The molecule has 8 heteroatoms. The summed E-state index contributed by atoms with van der Waals surface area (Å²) >= 11 is 0. The molecule has 1 rings (SSSR count). The Morgan fingerprint density at radius 3 is 2.63 bits per heavy atom. The van der Waals surface area contributed by atoms with E-state index in [-0.39, 0.29) is 17.8 Å². The van der Waals surface area contributed by atoms with Crippen molar-refractivity contribution in [3.8, 4) is 0 Å². The second-order valence-electron chi connectivity index (χ2n) is 3.68. The number of anilines is 1. The first kappa shape index (κ1) is 15.4. The van der Waals surface area contributed by atoms with Gasteiger partial charge in [-0.3, -0.25) is 4.72 Å². The van der Waals surface area contributed by atoms with Gasteiger partial charge in [-0.2, -0.15) is 12.7 Å². The van der Waals surface area contributed by atoms with Crippen LogP contribution in [0.15, 0.2) is 18.2 Å². The summed E-state index contributed by atoms with van der Waals surface area (Å²) in [5.74, 6) is -1.84. The summed E-state index contributed by atoms with van der Waals surface area (Å²) in [6, 6.07) is 3.80. The molecule has 1 aromatic rings. The van der Waals surface area contributed by atoms with Crippen LogP contribution in [-0.2, 0) is 14.9 Å². The molecule has 1 aromatic carbocycles. The molecule has 6 nitrogen and oxygen atoms in total. The third-order valence-corrected chi connectivity index (χ3v) is 4.06. The van der Waals surface area contributed by atoms with Crippen molar-refractivity contribution in [1.29, 1.82) is 0 Å². The maximum atomic E-state index is 14.0. The maximum absolute atomic E-state index is 14.0. The lowest BCUT2D eigenvalue weighted by molar-refractivity contribution is 0.0595. The average molecular weight is 290 g/mol. The number of hydrogen-bond donors (Lipinski definition) is 1. The molecule has 1 N–H and O–H groups in total. The zero-order valence-electron chi connectivity index (χ0n) is 10.8. The Morgan fingerprint density at radius 1 is 1.47 bits per heavy atom. The molecule has 0 aliphatic heterocycles. The summed E-state index contributed by atoms with van der Waals surface area (Å²) in [5.41, 5.74) is -0.634. The van der Waals surface area contributed by atoms with Crippen LogP contribution in [0.4, 0.5) is 10.1 Å². The van der Waals surface area contributed by atoms with Crippen LogP contribution in [0.25, 0.3) is 0 Å². The predicted octanol–water partition coefficient (Wildman–Crippen LogP) is 1.22. The van der Waals surface area contributed by atoms with Crippen LogP contribution in [0.3, 0.4) is 0 Å². The number of rotatable bonds is 5. The lowest BCUT2D eigenvalue weighted by atomic mass is 10.2. The molecule has 0 amide bonds. The zero-order chi connectivity index (χ0) is 14.6. The third kappa shape index (κ3) is 3.42. The van der Waals surface area contributed by atoms with Gasteiger partial charge in [0.05, 0.1) is 18.4 Å². The van der Waals surface area contributed by atoms with Crippen LogP contribution in [0.1, 0.15) is 17.3 Å². The van der Waals surface area contributed by atoms with Gasteiger partial charge in [-0.1, -0.05) is 13.0 Å². The standard InChI is InChI=1S/C11H15FN2O4S/c1-4-14(2)19(16,17)13-9-7-5-6-8(10(9)12)11(15)18-3/h5-7,13H,4H2,1-3H3. The quantitative estimate of drug-likeness (QED) is 0.827. The van der Waals surface area contributed by atoms with Gasteiger partial charge >= 0.3 is 16.2 Å². The topological polar surface area (TPSA) is 75.7 Å². The van der Waals surface area contributed by atoms with Gasteiger partial charge < -0.3 is 4.74 Å². The van der Waals surface area contributed by atoms with Crippen LogP contribution in [-0.4, -0.2) is 39.4 Å². The second kappa shape index (κ2) is 5.98. The fourth-order valence-corrected chi connectivity index (χ4v) is 2.20. The number of methoxy groups -OCH3 is 1. The van der Waals surface area contributed by atoms with E-state index in [0.29, 0.717) is 0 Å². The normalized spacial score (nSPS) is 11.4. The molecule has 0 spiro atoms. The molecule has 0 radical (unpaired) electrons. The molecule has 0 aliphatic rings. The number of ether oxygens (including phenoxy) is 1. The van der Waals surface area contributed by atoms with Crippen molar-refractivity contribution < 1.29 is 22.3 Å². The fraction of sp³-hybridized carbons (Fsp3) is 0.364. The molecule has 0 bridgehead atoms. The van der Waals surface area contributed by atoms with E-state index < -0.39 is 22.0 Å². The van der Waals surface area contributed by atoms with Crippen LogP contribution in [0.5, 0.6) is 0 Å². The van der Waals surface area contributed by atoms with Gasteiger partial charge in [0.25, 0.3) is 0 Å². The Kier molecular flexibility index (Phi) is 4.84. The number of nitrogens with zero attached hydrogens (tertiary/aromatic N) is 1. The monoisotopic (exact) mass is 290 g/mol. The molecule has 0 fully saturated rings. The number of halogens is 1. The van der Waals surface area contributed by atoms with Crippen LogP contribution in [0, 0.1) is 5.82 Å². The Hall–Kier alpha value is -1.67. The minimum absolute atomic E-state index is 0.230.